The molecule has 4 fully saturated rings. The molecule has 6 nitrogen and oxygen atoms in total. The van der Waals surface area contributed by atoms with Gasteiger partial charge in [-0.3, -0.25) is 10.1 Å². The van der Waals surface area contributed by atoms with Crippen LogP contribution in [0.5, 0.6) is 0 Å². The summed E-state index contributed by atoms with van der Waals surface area (Å²) in [6.45, 7) is 0. The van der Waals surface area contributed by atoms with Crippen molar-refractivity contribution in [3.05, 3.63) is 35.9 Å². The molecule has 124 valence electrons. The van der Waals surface area contributed by atoms with Gasteiger partial charge >= 0.3 is 0 Å². The van der Waals surface area contributed by atoms with Crippen molar-refractivity contribution in [2.75, 3.05) is 5.32 Å². The lowest BCUT2D eigenvalue weighted by Crippen LogP contribution is -2.58. The van der Waals surface area contributed by atoms with Gasteiger partial charge in [0.2, 0.25) is 5.91 Å². The number of nitrogens with zero attached hydrogens (tertiary/aromatic N) is 3. The molecule has 1 amide bonds. The number of tetrazole rings is 1. The molecular formula is C18H21N5O. The maximum atomic E-state index is 13.1. The standard InChI is InChI=1S/C18H21N5O/c24-15(19-16-20-22-23-21-16)18-9-12-6-13(10-18)8-17(7-12,11-18)14-4-2-1-3-5-14/h1-5,12-13H,6-11H2,(H2,19,20,21,22,23,24). The van der Waals surface area contributed by atoms with Gasteiger partial charge in [-0.15, -0.1) is 5.10 Å². The Balaban J connectivity index is 1.50. The Morgan fingerprint density at radius 1 is 1.12 bits per heavy atom. The van der Waals surface area contributed by atoms with E-state index in [-0.39, 0.29) is 22.7 Å². The average Bonchev–Trinajstić information content (AvgIpc) is 3.07. The van der Waals surface area contributed by atoms with E-state index in [1.807, 2.05) is 0 Å². The highest BCUT2D eigenvalue weighted by atomic mass is 16.2. The fourth-order valence-electron chi connectivity index (χ4n) is 6.11. The molecule has 4 saturated carbocycles. The van der Waals surface area contributed by atoms with Gasteiger partial charge in [0.15, 0.2) is 0 Å². The lowest BCUT2D eigenvalue weighted by molar-refractivity contribution is -0.143. The van der Waals surface area contributed by atoms with E-state index in [4.69, 9.17) is 0 Å². The lowest BCUT2D eigenvalue weighted by Gasteiger charge is -2.61. The average molecular weight is 323 g/mol. The predicted octanol–water partition coefficient (Wildman–Crippen LogP) is 2.68. The Morgan fingerprint density at radius 2 is 1.88 bits per heavy atom. The largest absolute Gasteiger partial charge is 0.291 e. The number of carbonyl (C=O) groups excluding carboxylic acids is 1. The maximum absolute atomic E-state index is 13.1. The first-order chi connectivity index (χ1) is 11.7. The molecule has 1 heterocycles. The minimum atomic E-state index is -0.277. The first kappa shape index (κ1) is 14.1. The van der Waals surface area contributed by atoms with E-state index in [2.05, 4.69) is 56.3 Å². The maximum Gasteiger partial charge on any atom is 0.269 e. The van der Waals surface area contributed by atoms with Crippen LogP contribution in [-0.4, -0.2) is 26.5 Å². The second kappa shape index (κ2) is 4.88. The Bertz CT molecular complexity index is 743. The van der Waals surface area contributed by atoms with Crippen molar-refractivity contribution in [3.63, 3.8) is 0 Å². The molecule has 4 aliphatic carbocycles. The molecule has 0 radical (unpaired) electrons. The van der Waals surface area contributed by atoms with Crippen molar-refractivity contribution in [2.45, 2.75) is 43.9 Å². The van der Waals surface area contributed by atoms with E-state index in [1.165, 1.54) is 24.8 Å². The number of amides is 1. The van der Waals surface area contributed by atoms with Gasteiger partial charge < -0.3 is 0 Å². The Hall–Kier alpha value is -2.24. The predicted molar refractivity (Wildman–Crippen MR) is 88.0 cm³/mol. The molecule has 0 saturated heterocycles. The molecule has 24 heavy (non-hydrogen) atoms. The zero-order valence-electron chi connectivity index (χ0n) is 13.5. The number of aromatic amines is 1. The Morgan fingerprint density at radius 3 is 2.54 bits per heavy atom. The van der Waals surface area contributed by atoms with Crippen molar-refractivity contribution in [3.8, 4) is 0 Å². The number of benzene rings is 1. The number of anilines is 1. The normalized spacial score (nSPS) is 36.7. The van der Waals surface area contributed by atoms with Gasteiger partial charge in [-0.2, -0.15) is 5.21 Å². The van der Waals surface area contributed by atoms with Crippen LogP contribution in [0.15, 0.2) is 30.3 Å². The lowest BCUT2D eigenvalue weighted by atomic mass is 9.42. The van der Waals surface area contributed by atoms with Gasteiger partial charge in [-0.05, 0) is 66.6 Å². The summed E-state index contributed by atoms with van der Waals surface area (Å²) in [5, 5.41) is 16.6. The summed E-state index contributed by atoms with van der Waals surface area (Å²) in [6.07, 6.45) is 6.69. The van der Waals surface area contributed by atoms with E-state index in [1.54, 1.807) is 0 Å². The van der Waals surface area contributed by atoms with Gasteiger partial charge in [0.25, 0.3) is 5.95 Å². The summed E-state index contributed by atoms with van der Waals surface area (Å²) in [5.74, 6) is 1.67. The van der Waals surface area contributed by atoms with Gasteiger partial charge in [-0.1, -0.05) is 35.4 Å². The van der Waals surface area contributed by atoms with E-state index in [9.17, 15) is 4.79 Å². The van der Waals surface area contributed by atoms with Crippen LogP contribution >= 0.6 is 0 Å². The molecule has 6 rings (SSSR count). The third kappa shape index (κ3) is 2.01. The second-order valence-corrected chi connectivity index (χ2v) is 8.08. The molecule has 1 aromatic carbocycles. The van der Waals surface area contributed by atoms with Crippen LogP contribution in [0.4, 0.5) is 5.95 Å². The minimum Gasteiger partial charge on any atom is -0.291 e. The number of hydrogen-bond acceptors (Lipinski definition) is 4. The molecule has 0 spiro atoms. The van der Waals surface area contributed by atoms with Crippen LogP contribution in [-0.2, 0) is 10.2 Å². The fourth-order valence-corrected chi connectivity index (χ4v) is 6.11. The van der Waals surface area contributed by atoms with Crippen LogP contribution in [0.25, 0.3) is 0 Å². The fraction of sp³-hybridized carbons (Fsp3) is 0.556. The molecule has 4 bridgehead atoms. The van der Waals surface area contributed by atoms with Crippen molar-refractivity contribution >= 4 is 11.9 Å². The Labute approximate surface area is 140 Å². The Kier molecular flexibility index (Phi) is 2.87. The molecule has 6 heteroatoms. The zero-order chi connectivity index (χ0) is 16.2. The highest BCUT2D eigenvalue weighted by Crippen LogP contribution is 2.65. The minimum absolute atomic E-state index is 0.0818. The van der Waals surface area contributed by atoms with Crippen LogP contribution < -0.4 is 5.32 Å². The van der Waals surface area contributed by atoms with Gasteiger partial charge in [0.05, 0.1) is 5.41 Å². The SMILES string of the molecule is O=C(Nc1nn[nH]n1)C12CC3CC(C1)CC(c1ccccc1)(C3)C2. The summed E-state index contributed by atoms with van der Waals surface area (Å²) in [6, 6.07) is 10.8. The number of rotatable bonds is 3. The second-order valence-electron chi connectivity index (χ2n) is 8.08. The third-order valence-electron chi connectivity index (χ3n) is 6.50. The van der Waals surface area contributed by atoms with Crippen molar-refractivity contribution in [2.24, 2.45) is 17.3 Å². The van der Waals surface area contributed by atoms with Crippen molar-refractivity contribution in [1.82, 2.24) is 20.6 Å². The molecule has 2 N–H and O–H groups in total. The highest BCUT2D eigenvalue weighted by molar-refractivity contribution is 5.94. The van der Waals surface area contributed by atoms with E-state index in [0.29, 0.717) is 11.8 Å². The van der Waals surface area contributed by atoms with Gasteiger partial charge in [0.1, 0.15) is 0 Å². The molecule has 0 aliphatic heterocycles. The first-order valence-electron chi connectivity index (χ1n) is 8.78. The summed E-state index contributed by atoms with van der Waals surface area (Å²) in [4.78, 5) is 13.1. The van der Waals surface area contributed by atoms with Crippen LogP contribution in [0.1, 0.15) is 44.1 Å². The van der Waals surface area contributed by atoms with E-state index >= 15 is 0 Å². The molecule has 2 unspecified atom stereocenters. The number of carbonyl (C=O) groups is 1. The summed E-state index contributed by atoms with van der Waals surface area (Å²) in [5.41, 5.74) is 1.30. The number of H-pyrrole nitrogens is 1. The summed E-state index contributed by atoms with van der Waals surface area (Å²) >= 11 is 0. The van der Waals surface area contributed by atoms with E-state index in [0.717, 1.165) is 19.3 Å². The van der Waals surface area contributed by atoms with Crippen molar-refractivity contribution in [1.29, 1.82) is 0 Å². The zero-order valence-corrected chi connectivity index (χ0v) is 13.5. The number of aromatic nitrogens is 4. The van der Waals surface area contributed by atoms with E-state index < -0.39 is 0 Å². The van der Waals surface area contributed by atoms with Gasteiger partial charge in [0, 0.05) is 0 Å². The van der Waals surface area contributed by atoms with Gasteiger partial charge in [-0.25, -0.2) is 0 Å². The topological polar surface area (TPSA) is 83.6 Å². The monoisotopic (exact) mass is 323 g/mol. The molecule has 2 atom stereocenters. The quantitative estimate of drug-likeness (QED) is 0.909. The smallest absolute Gasteiger partial charge is 0.269 e. The molecule has 2 aromatic rings. The van der Waals surface area contributed by atoms with Crippen molar-refractivity contribution < 1.29 is 4.79 Å². The summed E-state index contributed by atoms with van der Waals surface area (Å²) in [7, 11) is 0. The molecule has 4 aliphatic rings. The van der Waals surface area contributed by atoms with Crippen LogP contribution in [0.3, 0.4) is 0 Å². The number of hydrogen-bond donors (Lipinski definition) is 2. The highest BCUT2D eigenvalue weighted by Gasteiger charge is 2.61. The number of nitrogens with one attached hydrogen (secondary N) is 2. The molecule has 1 aromatic heterocycles. The molecular weight excluding hydrogens is 302 g/mol. The van der Waals surface area contributed by atoms with Crippen LogP contribution in [0.2, 0.25) is 0 Å². The third-order valence-corrected chi connectivity index (χ3v) is 6.50. The summed E-state index contributed by atoms with van der Waals surface area (Å²) < 4.78 is 0. The first-order valence-corrected chi connectivity index (χ1v) is 8.78. The van der Waals surface area contributed by atoms with Crippen LogP contribution in [0, 0.1) is 17.3 Å².